The quantitative estimate of drug-likeness (QED) is 0.692. The van der Waals surface area contributed by atoms with E-state index in [4.69, 9.17) is 0 Å². The van der Waals surface area contributed by atoms with E-state index in [9.17, 15) is 0 Å². The number of aromatic nitrogens is 2. The SMILES string of the molecule is Cc1ccc(-c2cc(C)n(C)n2)c(C)c1. The number of benzene rings is 1. The molecule has 2 rings (SSSR count). The Balaban J connectivity index is 2.54. The third-order valence-electron chi connectivity index (χ3n) is 2.77. The lowest BCUT2D eigenvalue weighted by Gasteiger charge is -2.03. The second-order valence-corrected chi connectivity index (χ2v) is 4.11. The molecule has 0 N–H and O–H groups in total. The average Bonchev–Trinajstić information content (AvgIpc) is 2.46. The van der Waals surface area contributed by atoms with Gasteiger partial charge in [-0.3, -0.25) is 4.68 Å². The minimum absolute atomic E-state index is 1.06. The van der Waals surface area contributed by atoms with Crippen LogP contribution in [-0.4, -0.2) is 9.78 Å². The van der Waals surface area contributed by atoms with Crippen LogP contribution in [0.15, 0.2) is 24.3 Å². The van der Waals surface area contributed by atoms with E-state index < -0.39 is 0 Å². The lowest BCUT2D eigenvalue weighted by Crippen LogP contribution is -1.92. The van der Waals surface area contributed by atoms with E-state index in [-0.39, 0.29) is 0 Å². The van der Waals surface area contributed by atoms with Crippen LogP contribution in [0.2, 0.25) is 0 Å². The van der Waals surface area contributed by atoms with Gasteiger partial charge in [0.05, 0.1) is 5.69 Å². The van der Waals surface area contributed by atoms with Gasteiger partial charge >= 0.3 is 0 Å². The molecule has 0 aliphatic rings. The fraction of sp³-hybridized carbons (Fsp3) is 0.308. The van der Waals surface area contributed by atoms with Gasteiger partial charge in [-0.15, -0.1) is 0 Å². The summed E-state index contributed by atoms with van der Waals surface area (Å²) in [6.45, 7) is 6.31. The van der Waals surface area contributed by atoms with Crippen molar-refractivity contribution in [2.75, 3.05) is 0 Å². The highest BCUT2D eigenvalue weighted by molar-refractivity contribution is 5.64. The summed E-state index contributed by atoms with van der Waals surface area (Å²) in [4.78, 5) is 0. The number of rotatable bonds is 1. The summed E-state index contributed by atoms with van der Waals surface area (Å²) in [6, 6.07) is 8.59. The second kappa shape index (κ2) is 3.54. The Hall–Kier alpha value is -1.57. The summed E-state index contributed by atoms with van der Waals surface area (Å²) in [5.41, 5.74) is 6.05. The molecular formula is C13H16N2. The fourth-order valence-electron chi connectivity index (χ4n) is 1.79. The highest BCUT2D eigenvalue weighted by Crippen LogP contribution is 2.23. The average molecular weight is 200 g/mol. The zero-order valence-electron chi connectivity index (χ0n) is 9.70. The maximum Gasteiger partial charge on any atom is 0.0928 e. The molecule has 1 aromatic heterocycles. The molecule has 0 fully saturated rings. The molecule has 0 amide bonds. The molecule has 0 saturated heterocycles. The molecule has 2 heteroatoms. The van der Waals surface area contributed by atoms with Crippen LogP contribution in [0, 0.1) is 20.8 Å². The Bertz CT molecular complexity index is 476. The minimum Gasteiger partial charge on any atom is -0.272 e. The molecule has 0 radical (unpaired) electrons. The predicted octanol–water partition coefficient (Wildman–Crippen LogP) is 3.01. The first-order valence-corrected chi connectivity index (χ1v) is 5.16. The van der Waals surface area contributed by atoms with Crippen LogP contribution in [0.4, 0.5) is 0 Å². The van der Waals surface area contributed by atoms with Crippen LogP contribution in [0.1, 0.15) is 16.8 Å². The van der Waals surface area contributed by atoms with Crippen LogP contribution >= 0.6 is 0 Å². The van der Waals surface area contributed by atoms with Crippen molar-refractivity contribution < 1.29 is 0 Å². The van der Waals surface area contributed by atoms with Crippen molar-refractivity contribution in [3.63, 3.8) is 0 Å². The van der Waals surface area contributed by atoms with Crippen molar-refractivity contribution in [3.8, 4) is 11.3 Å². The molecule has 2 aromatic rings. The van der Waals surface area contributed by atoms with Gasteiger partial charge in [-0.05, 0) is 32.4 Å². The summed E-state index contributed by atoms with van der Waals surface area (Å²) in [7, 11) is 1.97. The molecule has 1 heterocycles. The van der Waals surface area contributed by atoms with E-state index in [0.717, 1.165) is 5.69 Å². The Morgan fingerprint density at radius 3 is 2.33 bits per heavy atom. The molecule has 0 aliphatic heterocycles. The molecular weight excluding hydrogens is 184 g/mol. The number of nitrogens with zero attached hydrogens (tertiary/aromatic N) is 2. The van der Waals surface area contributed by atoms with Crippen molar-refractivity contribution >= 4 is 0 Å². The predicted molar refractivity (Wildman–Crippen MR) is 62.9 cm³/mol. The van der Waals surface area contributed by atoms with Gasteiger partial charge in [0.15, 0.2) is 0 Å². The van der Waals surface area contributed by atoms with Gasteiger partial charge in [0.25, 0.3) is 0 Å². The van der Waals surface area contributed by atoms with E-state index in [1.54, 1.807) is 0 Å². The van der Waals surface area contributed by atoms with Crippen LogP contribution < -0.4 is 0 Å². The Morgan fingerprint density at radius 2 is 1.80 bits per heavy atom. The van der Waals surface area contributed by atoms with E-state index in [0.29, 0.717) is 0 Å². The fourth-order valence-corrected chi connectivity index (χ4v) is 1.79. The van der Waals surface area contributed by atoms with E-state index >= 15 is 0 Å². The van der Waals surface area contributed by atoms with E-state index in [1.165, 1.54) is 22.4 Å². The minimum atomic E-state index is 1.06. The molecule has 0 aliphatic carbocycles. The summed E-state index contributed by atoms with van der Waals surface area (Å²) < 4.78 is 1.91. The summed E-state index contributed by atoms with van der Waals surface area (Å²) in [5.74, 6) is 0. The van der Waals surface area contributed by atoms with Gasteiger partial charge in [0.1, 0.15) is 0 Å². The monoisotopic (exact) mass is 200 g/mol. The third-order valence-corrected chi connectivity index (χ3v) is 2.77. The van der Waals surface area contributed by atoms with Crippen molar-refractivity contribution in [1.82, 2.24) is 9.78 Å². The molecule has 0 spiro atoms. The highest BCUT2D eigenvalue weighted by atomic mass is 15.3. The van der Waals surface area contributed by atoms with Crippen LogP contribution in [0.25, 0.3) is 11.3 Å². The van der Waals surface area contributed by atoms with Crippen molar-refractivity contribution in [2.24, 2.45) is 7.05 Å². The molecule has 0 atom stereocenters. The number of aryl methyl sites for hydroxylation is 4. The second-order valence-electron chi connectivity index (χ2n) is 4.11. The summed E-state index contributed by atoms with van der Waals surface area (Å²) in [5, 5.41) is 4.49. The molecule has 0 saturated carbocycles. The van der Waals surface area contributed by atoms with E-state index in [2.05, 4.69) is 50.1 Å². The van der Waals surface area contributed by atoms with Gasteiger partial charge in [0.2, 0.25) is 0 Å². The zero-order valence-corrected chi connectivity index (χ0v) is 9.70. The Morgan fingerprint density at radius 1 is 1.07 bits per heavy atom. The van der Waals surface area contributed by atoms with Gasteiger partial charge < -0.3 is 0 Å². The zero-order chi connectivity index (χ0) is 11.0. The summed E-state index contributed by atoms with van der Waals surface area (Å²) >= 11 is 0. The lowest BCUT2D eigenvalue weighted by atomic mass is 10.0. The van der Waals surface area contributed by atoms with Gasteiger partial charge in [-0.25, -0.2) is 0 Å². The molecule has 1 aromatic carbocycles. The maximum atomic E-state index is 4.49. The largest absolute Gasteiger partial charge is 0.272 e. The molecule has 0 bridgehead atoms. The number of hydrogen-bond acceptors (Lipinski definition) is 1. The van der Waals surface area contributed by atoms with Crippen molar-refractivity contribution in [1.29, 1.82) is 0 Å². The molecule has 0 unspecified atom stereocenters. The number of hydrogen-bond donors (Lipinski definition) is 0. The van der Waals surface area contributed by atoms with Crippen LogP contribution in [-0.2, 0) is 7.05 Å². The van der Waals surface area contributed by atoms with Crippen LogP contribution in [0.3, 0.4) is 0 Å². The van der Waals surface area contributed by atoms with Crippen LogP contribution in [0.5, 0.6) is 0 Å². The Kier molecular flexibility index (Phi) is 2.35. The smallest absolute Gasteiger partial charge is 0.0928 e. The normalized spacial score (nSPS) is 10.7. The third kappa shape index (κ3) is 1.80. The van der Waals surface area contributed by atoms with Gasteiger partial charge in [0, 0.05) is 18.3 Å². The molecule has 78 valence electrons. The topological polar surface area (TPSA) is 17.8 Å². The first-order valence-electron chi connectivity index (χ1n) is 5.16. The van der Waals surface area contributed by atoms with Gasteiger partial charge in [-0.1, -0.05) is 23.8 Å². The van der Waals surface area contributed by atoms with Gasteiger partial charge in [-0.2, -0.15) is 5.10 Å². The first kappa shape index (κ1) is 9.97. The summed E-state index contributed by atoms with van der Waals surface area (Å²) in [6.07, 6.45) is 0. The van der Waals surface area contributed by atoms with E-state index in [1.807, 2.05) is 11.7 Å². The highest BCUT2D eigenvalue weighted by Gasteiger charge is 2.06. The van der Waals surface area contributed by atoms with Crippen molar-refractivity contribution in [2.45, 2.75) is 20.8 Å². The first-order chi connectivity index (χ1) is 7.08. The van der Waals surface area contributed by atoms with Crippen molar-refractivity contribution in [3.05, 3.63) is 41.1 Å². The molecule has 2 nitrogen and oxygen atoms in total. The molecule has 15 heavy (non-hydrogen) atoms. The lowest BCUT2D eigenvalue weighted by molar-refractivity contribution is 0.742. The maximum absolute atomic E-state index is 4.49. The Labute approximate surface area is 90.6 Å². The standard InChI is InChI=1S/C13H16N2/c1-9-5-6-12(10(2)7-9)13-8-11(3)15(4)14-13/h5-8H,1-4H3.